The molecule has 0 radical (unpaired) electrons. The Bertz CT molecular complexity index is 367. The van der Waals surface area contributed by atoms with Gasteiger partial charge in [-0.05, 0) is 36.4 Å². The topological polar surface area (TPSA) is 67.0 Å². The average Bonchev–Trinajstić information content (AvgIpc) is 2.21. The number of halogens is 1. The number of aromatic amines is 1. The highest BCUT2D eigenvalue weighted by atomic mass is 127. The molecule has 1 aromatic heterocycles. The van der Waals surface area contributed by atoms with Gasteiger partial charge in [-0.1, -0.05) is 0 Å². The minimum absolute atomic E-state index is 0.104. The summed E-state index contributed by atoms with van der Waals surface area (Å²) in [6.07, 6.45) is 1.49. The van der Waals surface area contributed by atoms with Crippen molar-refractivity contribution in [2.24, 2.45) is 0 Å². The molecule has 0 aliphatic carbocycles. The fourth-order valence-corrected chi connectivity index (χ4v) is 1.58. The molecule has 1 aromatic rings. The summed E-state index contributed by atoms with van der Waals surface area (Å²) in [5, 5.41) is 3.07. The number of aromatic nitrogens is 2. The standard InChI is InChI=1S/C9H14IN3O2/c1-3-15-6(2)4-11-8-7(10)9(14)13-5-12-8/h5-6H,3-4H2,1-2H3,(H2,11,12,13,14). The molecule has 0 saturated heterocycles. The van der Waals surface area contributed by atoms with Gasteiger partial charge in [0, 0.05) is 13.2 Å². The molecule has 0 aliphatic rings. The molecule has 0 fully saturated rings. The second kappa shape index (κ2) is 6.06. The van der Waals surface area contributed by atoms with Gasteiger partial charge in [-0.25, -0.2) is 4.98 Å². The molecule has 1 atom stereocenters. The lowest BCUT2D eigenvalue weighted by molar-refractivity contribution is 0.0854. The van der Waals surface area contributed by atoms with Crippen LogP contribution in [0, 0.1) is 3.57 Å². The van der Waals surface area contributed by atoms with Gasteiger partial charge in [0.25, 0.3) is 5.56 Å². The van der Waals surface area contributed by atoms with E-state index in [1.807, 2.05) is 36.4 Å². The minimum atomic E-state index is -0.128. The number of H-pyrrole nitrogens is 1. The Morgan fingerprint density at radius 2 is 2.47 bits per heavy atom. The number of nitrogens with zero attached hydrogens (tertiary/aromatic N) is 1. The van der Waals surface area contributed by atoms with Gasteiger partial charge < -0.3 is 15.0 Å². The van der Waals surface area contributed by atoms with Crippen molar-refractivity contribution in [2.75, 3.05) is 18.5 Å². The summed E-state index contributed by atoms with van der Waals surface area (Å²) in [5.41, 5.74) is -0.128. The molecule has 2 N–H and O–H groups in total. The lowest BCUT2D eigenvalue weighted by Gasteiger charge is -2.13. The summed E-state index contributed by atoms with van der Waals surface area (Å²) in [4.78, 5) is 17.8. The van der Waals surface area contributed by atoms with Crippen LogP contribution in [0.5, 0.6) is 0 Å². The normalized spacial score (nSPS) is 12.5. The van der Waals surface area contributed by atoms with Crippen LogP contribution in [-0.2, 0) is 4.74 Å². The van der Waals surface area contributed by atoms with Crippen molar-refractivity contribution in [2.45, 2.75) is 20.0 Å². The summed E-state index contributed by atoms with van der Waals surface area (Å²) < 4.78 is 5.92. The first-order valence-corrected chi connectivity index (χ1v) is 5.81. The summed E-state index contributed by atoms with van der Waals surface area (Å²) in [5.74, 6) is 0.603. The second-order valence-electron chi connectivity index (χ2n) is 3.04. The fraction of sp³-hybridized carbons (Fsp3) is 0.556. The number of anilines is 1. The molecule has 0 saturated carbocycles. The fourth-order valence-electron chi connectivity index (χ4n) is 1.09. The summed E-state index contributed by atoms with van der Waals surface area (Å²) in [7, 11) is 0. The first-order valence-electron chi connectivity index (χ1n) is 4.73. The van der Waals surface area contributed by atoms with Gasteiger partial charge in [0.05, 0.1) is 12.4 Å². The van der Waals surface area contributed by atoms with Gasteiger partial charge in [0.2, 0.25) is 0 Å². The number of hydrogen-bond acceptors (Lipinski definition) is 4. The third kappa shape index (κ3) is 3.78. The van der Waals surface area contributed by atoms with Gasteiger partial charge >= 0.3 is 0 Å². The van der Waals surface area contributed by atoms with Crippen LogP contribution in [0.3, 0.4) is 0 Å². The van der Waals surface area contributed by atoms with Crippen LogP contribution in [0.25, 0.3) is 0 Å². The minimum Gasteiger partial charge on any atom is -0.377 e. The molecule has 1 unspecified atom stereocenters. The molecule has 15 heavy (non-hydrogen) atoms. The van der Waals surface area contributed by atoms with E-state index in [2.05, 4.69) is 15.3 Å². The zero-order valence-electron chi connectivity index (χ0n) is 8.71. The second-order valence-corrected chi connectivity index (χ2v) is 4.12. The van der Waals surface area contributed by atoms with Crippen LogP contribution in [0.2, 0.25) is 0 Å². The van der Waals surface area contributed by atoms with E-state index in [4.69, 9.17) is 4.74 Å². The van der Waals surface area contributed by atoms with Crippen molar-refractivity contribution in [1.29, 1.82) is 0 Å². The SMILES string of the molecule is CCOC(C)CNc1nc[nH]c(=O)c1I. The third-order valence-corrected chi connectivity index (χ3v) is 2.81. The predicted octanol–water partition coefficient (Wildman–Crippen LogP) is 1.21. The molecular formula is C9H14IN3O2. The van der Waals surface area contributed by atoms with E-state index >= 15 is 0 Å². The Labute approximate surface area is 102 Å². The lowest BCUT2D eigenvalue weighted by Crippen LogP contribution is -2.22. The van der Waals surface area contributed by atoms with Crippen molar-refractivity contribution in [3.63, 3.8) is 0 Å². The summed E-state index contributed by atoms with van der Waals surface area (Å²) in [6.45, 7) is 5.24. The van der Waals surface area contributed by atoms with Crippen LogP contribution in [0.15, 0.2) is 11.1 Å². The highest BCUT2D eigenvalue weighted by Crippen LogP contribution is 2.08. The van der Waals surface area contributed by atoms with Crippen molar-refractivity contribution in [1.82, 2.24) is 9.97 Å². The Morgan fingerprint density at radius 3 is 3.13 bits per heavy atom. The Kier molecular flexibility index (Phi) is 5.03. The molecule has 6 heteroatoms. The Hall–Kier alpha value is -0.630. The smallest absolute Gasteiger partial charge is 0.266 e. The zero-order valence-corrected chi connectivity index (χ0v) is 10.9. The van der Waals surface area contributed by atoms with E-state index < -0.39 is 0 Å². The van der Waals surface area contributed by atoms with Gasteiger partial charge in [-0.2, -0.15) is 0 Å². The number of rotatable bonds is 5. The maximum absolute atomic E-state index is 11.2. The molecule has 1 rings (SSSR count). The largest absolute Gasteiger partial charge is 0.377 e. The van der Waals surface area contributed by atoms with Gasteiger partial charge in [-0.3, -0.25) is 4.79 Å². The number of nitrogens with one attached hydrogen (secondary N) is 2. The molecule has 5 nitrogen and oxygen atoms in total. The van der Waals surface area contributed by atoms with Crippen molar-refractivity contribution < 1.29 is 4.74 Å². The van der Waals surface area contributed by atoms with E-state index in [-0.39, 0.29) is 11.7 Å². The van der Waals surface area contributed by atoms with Crippen molar-refractivity contribution in [3.8, 4) is 0 Å². The highest BCUT2D eigenvalue weighted by molar-refractivity contribution is 14.1. The van der Waals surface area contributed by atoms with Crippen molar-refractivity contribution >= 4 is 28.4 Å². The monoisotopic (exact) mass is 323 g/mol. The number of ether oxygens (including phenoxy) is 1. The first kappa shape index (κ1) is 12.4. The van der Waals surface area contributed by atoms with Gasteiger partial charge in [0.15, 0.2) is 0 Å². The molecule has 0 amide bonds. The number of hydrogen-bond donors (Lipinski definition) is 2. The Morgan fingerprint density at radius 1 is 1.73 bits per heavy atom. The third-order valence-electron chi connectivity index (χ3n) is 1.80. The molecule has 0 spiro atoms. The quantitative estimate of drug-likeness (QED) is 0.800. The molecule has 0 aliphatic heterocycles. The van der Waals surface area contributed by atoms with Crippen LogP contribution in [0.4, 0.5) is 5.82 Å². The van der Waals surface area contributed by atoms with Crippen LogP contribution >= 0.6 is 22.6 Å². The van der Waals surface area contributed by atoms with E-state index in [1.54, 1.807) is 0 Å². The maximum Gasteiger partial charge on any atom is 0.266 e. The Balaban J connectivity index is 2.58. The maximum atomic E-state index is 11.2. The van der Waals surface area contributed by atoms with E-state index in [0.29, 0.717) is 22.5 Å². The average molecular weight is 323 g/mol. The van der Waals surface area contributed by atoms with Crippen LogP contribution in [-0.4, -0.2) is 29.2 Å². The molecule has 0 bridgehead atoms. The van der Waals surface area contributed by atoms with Gasteiger partial charge in [-0.15, -0.1) is 0 Å². The zero-order chi connectivity index (χ0) is 11.3. The van der Waals surface area contributed by atoms with Crippen LogP contribution < -0.4 is 10.9 Å². The van der Waals surface area contributed by atoms with E-state index in [1.165, 1.54) is 6.33 Å². The summed E-state index contributed by atoms with van der Waals surface area (Å²) >= 11 is 1.96. The predicted molar refractivity (Wildman–Crippen MR) is 67.2 cm³/mol. The first-order chi connectivity index (χ1) is 7.15. The van der Waals surface area contributed by atoms with Crippen molar-refractivity contribution in [3.05, 3.63) is 20.3 Å². The lowest BCUT2D eigenvalue weighted by atomic mass is 10.4. The van der Waals surface area contributed by atoms with Crippen LogP contribution in [0.1, 0.15) is 13.8 Å². The van der Waals surface area contributed by atoms with E-state index in [9.17, 15) is 4.79 Å². The highest BCUT2D eigenvalue weighted by Gasteiger charge is 2.06. The molecular weight excluding hydrogens is 309 g/mol. The summed E-state index contributed by atoms with van der Waals surface area (Å²) in [6, 6.07) is 0. The molecule has 0 aromatic carbocycles. The van der Waals surface area contributed by atoms with E-state index in [0.717, 1.165) is 0 Å². The molecule has 1 heterocycles. The van der Waals surface area contributed by atoms with Gasteiger partial charge in [0.1, 0.15) is 9.39 Å². The molecule has 84 valence electrons.